The highest BCUT2D eigenvalue weighted by Crippen LogP contribution is 2.48. The van der Waals surface area contributed by atoms with Gasteiger partial charge in [0.2, 0.25) is 0 Å². The summed E-state index contributed by atoms with van der Waals surface area (Å²) in [7, 11) is 0. The van der Waals surface area contributed by atoms with Gasteiger partial charge < -0.3 is 9.47 Å². The predicted molar refractivity (Wildman–Crippen MR) is 78.9 cm³/mol. The van der Waals surface area contributed by atoms with E-state index in [1.165, 1.54) is 0 Å². The van der Waals surface area contributed by atoms with Crippen molar-refractivity contribution < 1.29 is 9.47 Å². The number of fused-ring (bicyclic) bond motifs is 1. The fraction of sp³-hybridized carbons (Fsp3) is 0.200. The first-order valence-corrected chi connectivity index (χ1v) is 7.10. The van der Waals surface area contributed by atoms with Crippen LogP contribution in [0.5, 0.6) is 11.5 Å². The van der Waals surface area contributed by atoms with Gasteiger partial charge in [-0.2, -0.15) is 0 Å². The first-order chi connectivity index (χ1) is 8.99. The number of rotatable bonds is 1. The molecule has 0 spiro atoms. The third-order valence-electron chi connectivity index (χ3n) is 3.21. The van der Waals surface area contributed by atoms with Crippen LogP contribution in [0, 0.1) is 6.92 Å². The third kappa shape index (κ3) is 2.11. The van der Waals surface area contributed by atoms with E-state index < -0.39 is 5.79 Å². The molecular weight excluding hydrogens is 328 g/mol. The molecule has 2 aromatic rings. The van der Waals surface area contributed by atoms with Crippen molar-refractivity contribution in [3.8, 4) is 11.5 Å². The van der Waals surface area contributed by atoms with Gasteiger partial charge >= 0.3 is 0 Å². The van der Waals surface area contributed by atoms with Crippen LogP contribution in [-0.2, 0) is 5.79 Å². The molecule has 1 unspecified atom stereocenters. The lowest BCUT2D eigenvalue weighted by molar-refractivity contribution is -0.0688. The Morgan fingerprint density at radius 3 is 2.63 bits per heavy atom. The molecule has 4 heteroatoms. The maximum absolute atomic E-state index is 6.02. The average Bonchev–Trinajstić information content (AvgIpc) is 2.68. The smallest absolute Gasteiger partial charge is 0.275 e. The number of hydrogen-bond acceptors (Lipinski definition) is 2. The lowest BCUT2D eigenvalue weighted by atomic mass is 10.0. The van der Waals surface area contributed by atoms with Gasteiger partial charge in [0, 0.05) is 17.5 Å². The van der Waals surface area contributed by atoms with E-state index in [9.17, 15) is 0 Å². The summed E-state index contributed by atoms with van der Waals surface area (Å²) in [5.74, 6) is 0.659. The number of halogens is 2. The number of ether oxygens (including phenoxy) is 2. The van der Waals surface area contributed by atoms with Gasteiger partial charge in [0.1, 0.15) is 0 Å². The Balaban J connectivity index is 2.06. The van der Waals surface area contributed by atoms with Crippen molar-refractivity contribution in [2.45, 2.75) is 19.6 Å². The van der Waals surface area contributed by atoms with Crippen molar-refractivity contribution >= 4 is 27.5 Å². The molecule has 19 heavy (non-hydrogen) atoms. The van der Waals surface area contributed by atoms with E-state index in [4.69, 9.17) is 21.1 Å². The van der Waals surface area contributed by atoms with Crippen LogP contribution in [0.4, 0.5) is 0 Å². The Bertz CT molecular complexity index is 657. The highest BCUT2D eigenvalue weighted by atomic mass is 79.9. The van der Waals surface area contributed by atoms with E-state index in [0.717, 1.165) is 27.1 Å². The summed E-state index contributed by atoms with van der Waals surface area (Å²) in [6, 6.07) is 11.5. The minimum atomic E-state index is -0.819. The highest BCUT2D eigenvalue weighted by Gasteiger charge is 2.40. The van der Waals surface area contributed by atoms with Crippen LogP contribution >= 0.6 is 27.5 Å². The fourth-order valence-corrected chi connectivity index (χ4v) is 3.00. The lowest BCUT2D eigenvalue weighted by Gasteiger charge is -2.25. The normalized spacial score (nSPS) is 20.6. The van der Waals surface area contributed by atoms with Gasteiger partial charge in [-0.1, -0.05) is 17.7 Å². The van der Waals surface area contributed by atoms with Crippen LogP contribution in [0.2, 0.25) is 5.02 Å². The van der Waals surface area contributed by atoms with Gasteiger partial charge in [-0.05, 0) is 58.7 Å². The molecule has 0 saturated carbocycles. The van der Waals surface area contributed by atoms with Gasteiger partial charge in [0.15, 0.2) is 11.5 Å². The highest BCUT2D eigenvalue weighted by molar-refractivity contribution is 9.10. The van der Waals surface area contributed by atoms with Crippen LogP contribution in [0.3, 0.4) is 0 Å². The average molecular weight is 340 g/mol. The number of benzene rings is 2. The number of aryl methyl sites for hydroxylation is 1. The van der Waals surface area contributed by atoms with Crippen molar-refractivity contribution in [3.63, 3.8) is 0 Å². The van der Waals surface area contributed by atoms with Crippen LogP contribution in [0.25, 0.3) is 0 Å². The molecule has 0 fully saturated rings. The maximum atomic E-state index is 6.02. The van der Waals surface area contributed by atoms with E-state index in [0.29, 0.717) is 5.02 Å². The molecular formula is C15H12BrClO2. The second kappa shape index (κ2) is 4.43. The molecule has 2 nitrogen and oxygen atoms in total. The van der Waals surface area contributed by atoms with Crippen molar-refractivity contribution in [1.82, 2.24) is 0 Å². The summed E-state index contributed by atoms with van der Waals surface area (Å²) in [6.07, 6.45) is 0. The first kappa shape index (κ1) is 12.8. The summed E-state index contributed by atoms with van der Waals surface area (Å²) >= 11 is 9.47. The van der Waals surface area contributed by atoms with Gasteiger partial charge in [-0.25, -0.2) is 0 Å². The molecule has 0 aliphatic carbocycles. The largest absolute Gasteiger partial charge is 0.444 e. The van der Waals surface area contributed by atoms with Gasteiger partial charge in [-0.3, -0.25) is 0 Å². The Morgan fingerprint density at radius 1 is 1.16 bits per heavy atom. The van der Waals surface area contributed by atoms with E-state index in [1.807, 2.05) is 50.2 Å². The molecule has 1 atom stereocenters. The van der Waals surface area contributed by atoms with E-state index in [-0.39, 0.29) is 0 Å². The Morgan fingerprint density at radius 2 is 1.95 bits per heavy atom. The van der Waals surface area contributed by atoms with Gasteiger partial charge in [0.05, 0.1) is 4.47 Å². The predicted octanol–water partition coefficient (Wildman–Crippen LogP) is 5.06. The summed E-state index contributed by atoms with van der Waals surface area (Å²) in [6.45, 7) is 3.91. The maximum Gasteiger partial charge on any atom is 0.275 e. The van der Waals surface area contributed by atoms with Crippen molar-refractivity contribution in [3.05, 3.63) is 57.0 Å². The zero-order valence-corrected chi connectivity index (χ0v) is 12.9. The number of hydrogen-bond donors (Lipinski definition) is 0. The van der Waals surface area contributed by atoms with Crippen LogP contribution in [0.1, 0.15) is 18.1 Å². The van der Waals surface area contributed by atoms with E-state index in [1.54, 1.807) is 0 Å². The van der Waals surface area contributed by atoms with Crippen molar-refractivity contribution in [2.24, 2.45) is 0 Å². The molecule has 0 amide bonds. The molecule has 2 aromatic carbocycles. The standard InChI is InChI=1S/C15H12BrClO2/c1-9-8-10(17)6-7-11(9)15(2)18-13-5-3-4-12(16)14(13)19-15/h3-8H,1-2H3. The second-order valence-electron chi connectivity index (χ2n) is 4.68. The molecule has 0 bridgehead atoms. The van der Waals surface area contributed by atoms with E-state index >= 15 is 0 Å². The molecule has 1 aliphatic rings. The van der Waals surface area contributed by atoms with Crippen LogP contribution < -0.4 is 9.47 Å². The SMILES string of the molecule is Cc1cc(Cl)ccc1C1(C)Oc2cccc(Br)c2O1. The first-order valence-electron chi connectivity index (χ1n) is 5.93. The Labute approximate surface area is 125 Å². The summed E-state index contributed by atoms with van der Waals surface area (Å²) in [5.41, 5.74) is 2.01. The quantitative estimate of drug-likeness (QED) is 0.723. The van der Waals surface area contributed by atoms with Crippen molar-refractivity contribution in [1.29, 1.82) is 0 Å². The lowest BCUT2D eigenvalue weighted by Crippen LogP contribution is -2.32. The molecule has 0 radical (unpaired) electrons. The molecule has 0 saturated heterocycles. The molecule has 98 valence electrons. The molecule has 0 aromatic heterocycles. The molecule has 1 aliphatic heterocycles. The zero-order chi connectivity index (χ0) is 13.6. The third-order valence-corrected chi connectivity index (χ3v) is 4.07. The summed E-state index contributed by atoms with van der Waals surface area (Å²) in [4.78, 5) is 0. The fourth-order valence-electron chi connectivity index (χ4n) is 2.34. The monoisotopic (exact) mass is 338 g/mol. The minimum absolute atomic E-state index is 0.710. The molecule has 1 heterocycles. The number of para-hydroxylation sites is 1. The summed E-state index contributed by atoms with van der Waals surface area (Å²) < 4.78 is 12.9. The van der Waals surface area contributed by atoms with Crippen LogP contribution in [-0.4, -0.2) is 0 Å². The topological polar surface area (TPSA) is 18.5 Å². The molecule has 3 rings (SSSR count). The Kier molecular flexibility index (Phi) is 2.99. The van der Waals surface area contributed by atoms with Gasteiger partial charge in [0.25, 0.3) is 5.79 Å². The van der Waals surface area contributed by atoms with Crippen molar-refractivity contribution in [2.75, 3.05) is 0 Å². The second-order valence-corrected chi connectivity index (χ2v) is 5.97. The zero-order valence-electron chi connectivity index (χ0n) is 10.5. The Hall–Kier alpha value is -1.19. The van der Waals surface area contributed by atoms with Gasteiger partial charge in [-0.15, -0.1) is 0 Å². The molecule has 0 N–H and O–H groups in total. The minimum Gasteiger partial charge on any atom is -0.444 e. The van der Waals surface area contributed by atoms with Crippen LogP contribution in [0.15, 0.2) is 40.9 Å². The van der Waals surface area contributed by atoms with E-state index in [2.05, 4.69) is 15.9 Å². The summed E-state index contributed by atoms with van der Waals surface area (Å²) in [5, 5.41) is 0.710.